The molecule has 0 atom stereocenters. The van der Waals surface area contributed by atoms with Gasteiger partial charge in [0.05, 0.1) is 16.7 Å². The van der Waals surface area contributed by atoms with Gasteiger partial charge in [0.2, 0.25) is 5.89 Å². The first-order chi connectivity index (χ1) is 25.3. The topological polar surface area (TPSA) is 34.2 Å². The molecule has 0 radical (unpaired) electrons. The number of rotatable bonds is 6. The smallest absolute Gasteiger partial charge is 0.227 e. The number of para-hydroxylation sites is 3. The molecular weight excluding hydrogens is 623 g/mol. The summed E-state index contributed by atoms with van der Waals surface area (Å²) in [6.07, 6.45) is 0. The van der Waals surface area contributed by atoms with E-state index in [4.69, 9.17) is 9.40 Å². The summed E-state index contributed by atoms with van der Waals surface area (Å²) < 4.78 is 8.69. The van der Waals surface area contributed by atoms with Crippen LogP contribution in [0.1, 0.15) is 0 Å². The molecule has 0 N–H and O–H groups in total. The zero-order valence-electron chi connectivity index (χ0n) is 27.6. The van der Waals surface area contributed by atoms with E-state index in [0.717, 1.165) is 66.8 Å². The van der Waals surface area contributed by atoms with Crippen LogP contribution in [0.25, 0.3) is 71.9 Å². The van der Waals surface area contributed by atoms with E-state index in [1.807, 2.05) is 36.4 Å². The summed E-state index contributed by atoms with van der Waals surface area (Å²) in [6, 6.07) is 66.3. The molecule has 4 nitrogen and oxygen atoms in total. The molecule has 0 saturated carbocycles. The summed E-state index contributed by atoms with van der Waals surface area (Å²) in [5.74, 6) is 0.619. The molecule has 10 rings (SSSR count). The van der Waals surface area contributed by atoms with Gasteiger partial charge in [0, 0.05) is 44.3 Å². The molecule has 0 amide bonds. The van der Waals surface area contributed by atoms with Crippen molar-refractivity contribution in [2.45, 2.75) is 0 Å². The molecule has 4 heteroatoms. The van der Waals surface area contributed by atoms with Gasteiger partial charge in [-0.15, -0.1) is 0 Å². The minimum Gasteiger partial charge on any atom is -0.436 e. The highest BCUT2D eigenvalue weighted by Gasteiger charge is 2.21. The monoisotopic (exact) mass is 653 g/mol. The van der Waals surface area contributed by atoms with Gasteiger partial charge in [-0.3, -0.25) is 0 Å². The van der Waals surface area contributed by atoms with Crippen LogP contribution in [0.4, 0.5) is 17.1 Å². The zero-order chi connectivity index (χ0) is 33.7. The van der Waals surface area contributed by atoms with Gasteiger partial charge < -0.3 is 13.9 Å². The molecular formula is C47H31N3O. The third kappa shape index (κ3) is 4.88. The van der Waals surface area contributed by atoms with Crippen molar-refractivity contribution in [2.24, 2.45) is 0 Å². The van der Waals surface area contributed by atoms with Crippen LogP contribution in [-0.4, -0.2) is 9.55 Å². The Hall–Kier alpha value is -6.91. The number of anilines is 3. The van der Waals surface area contributed by atoms with Gasteiger partial charge in [-0.05, 0) is 77.7 Å². The second-order valence-electron chi connectivity index (χ2n) is 12.8. The van der Waals surface area contributed by atoms with E-state index in [0.29, 0.717) is 5.89 Å². The van der Waals surface area contributed by atoms with Crippen molar-refractivity contribution in [2.75, 3.05) is 4.90 Å². The van der Waals surface area contributed by atoms with Crippen LogP contribution >= 0.6 is 0 Å². The van der Waals surface area contributed by atoms with E-state index < -0.39 is 0 Å². The minimum atomic E-state index is 0.619. The maximum Gasteiger partial charge on any atom is 0.227 e. The zero-order valence-corrected chi connectivity index (χ0v) is 27.6. The predicted octanol–water partition coefficient (Wildman–Crippen LogP) is 12.9. The fraction of sp³-hybridized carbons (Fsp3) is 0. The maximum atomic E-state index is 6.31. The molecule has 0 saturated heterocycles. The van der Waals surface area contributed by atoms with Gasteiger partial charge in [-0.1, -0.05) is 121 Å². The van der Waals surface area contributed by atoms with Crippen molar-refractivity contribution in [3.8, 4) is 28.3 Å². The summed E-state index contributed by atoms with van der Waals surface area (Å²) in [5, 5.41) is 4.59. The van der Waals surface area contributed by atoms with E-state index in [9.17, 15) is 0 Å². The quantitative estimate of drug-likeness (QED) is 0.179. The van der Waals surface area contributed by atoms with Crippen molar-refractivity contribution in [1.82, 2.24) is 9.55 Å². The van der Waals surface area contributed by atoms with Gasteiger partial charge in [0.15, 0.2) is 5.58 Å². The third-order valence-electron chi connectivity index (χ3n) is 9.80. The Morgan fingerprint density at radius 2 is 1.10 bits per heavy atom. The first-order valence-electron chi connectivity index (χ1n) is 17.2. The summed E-state index contributed by atoms with van der Waals surface area (Å²) in [4.78, 5) is 7.42. The van der Waals surface area contributed by atoms with Gasteiger partial charge in [-0.25, -0.2) is 4.98 Å². The number of hydrogen-bond acceptors (Lipinski definition) is 3. The molecule has 2 aromatic heterocycles. The number of benzene rings is 8. The van der Waals surface area contributed by atoms with Crippen LogP contribution in [0.5, 0.6) is 0 Å². The number of oxazole rings is 1. The van der Waals surface area contributed by atoms with Crippen molar-refractivity contribution in [3.05, 3.63) is 188 Å². The normalized spacial score (nSPS) is 11.5. The average Bonchev–Trinajstić information content (AvgIpc) is 3.79. The Kier molecular flexibility index (Phi) is 6.78. The molecule has 2 heterocycles. The maximum absolute atomic E-state index is 6.31. The van der Waals surface area contributed by atoms with Crippen LogP contribution < -0.4 is 4.90 Å². The van der Waals surface area contributed by atoms with Gasteiger partial charge in [0.1, 0.15) is 5.52 Å². The first-order valence-corrected chi connectivity index (χ1v) is 17.2. The standard InChI is InChI=1S/C47H31N3O/c1-4-14-32(15-5-1)38-20-10-12-22-42(38)49(36-26-24-33-25-29-45-46(41(33)30-36)48-47(51-45)34-16-6-2-7-17-34)37-27-28-40-39-21-11-13-23-43(39)50(44(40)31-37)35-18-8-3-9-19-35/h1-31H. The van der Waals surface area contributed by atoms with Crippen LogP contribution in [0, 0.1) is 0 Å². The molecule has 0 aliphatic carbocycles. The third-order valence-corrected chi connectivity index (χ3v) is 9.80. The van der Waals surface area contributed by atoms with Crippen molar-refractivity contribution < 1.29 is 4.42 Å². The van der Waals surface area contributed by atoms with Crippen LogP contribution in [0.3, 0.4) is 0 Å². The minimum absolute atomic E-state index is 0.619. The highest BCUT2D eigenvalue weighted by Crippen LogP contribution is 2.44. The molecule has 0 bridgehead atoms. The molecule has 0 spiro atoms. The summed E-state index contributed by atoms with van der Waals surface area (Å²) >= 11 is 0. The predicted molar refractivity (Wildman–Crippen MR) is 211 cm³/mol. The Labute approximate surface area is 295 Å². The lowest BCUT2D eigenvalue weighted by Crippen LogP contribution is -2.11. The largest absolute Gasteiger partial charge is 0.436 e. The van der Waals surface area contributed by atoms with E-state index in [1.54, 1.807) is 0 Å². The fourth-order valence-electron chi connectivity index (χ4n) is 7.45. The number of hydrogen-bond donors (Lipinski definition) is 0. The molecule has 0 unspecified atom stereocenters. The molecule has 0 fully saturated rings. The second kappa shape index (κ2) is 11.9. The average molecular weight is 654 g/mol. The van der Waals surface area contributed by atoms with Crippen LogP contribution in [0.15, 0.2) is 192 Å². The van der Waals surface area contributed by atoms with E-state index >= 15 is 0 Å². The molecule has 0 aliphatic rings. The Bertz CT molecular complexity index is 2850. The van der Waals surface area contributed by atoms with E-state index in [1.165, 1.54) is 16.3 Å². The second-order valence-corrected chi connectivity index (χ2v) is 12.8. The molecule has 240 valence electrons. The van der Waals surface area contributed by atoms with Crippen molar-refractivity contribution in [1.29, 1.82) is 0 Å². The van der Waals surface area contributed by atoms with E-state index in [2.05, 4.69) is 161 Å². The number of nitrogens with zero attached hydrogens (tertiary/aromatic N) is 3. The SMILES string of the molecule is c1ccc(-c2nc3c(ccc4ccc(N(c5ccc6c7ccccc7n(-c7ccccc7)c6c5)c5ccccc5-c5ccccc5)cc43)o2)cc1. The lowest BCUT2D eigenvalue weighted by molar-refractivity contribution is 0.620. The van der Waals surface area contributed by atoms with Crippen LogP contribution in [-0.2, 0) is 0 Å². The highest BCUT2D eigenvalue weighted by atomic mass is 16.3. The lowest BCUT2D eigenvalue weighted by atomic mass is 10.0. The number of fused-ring (bicyclic) bond motifs is 6. The Balaban J connectivity index is 1.24. The fourth-order valence-corrected chi connectivity index (χ4v) is 7.45. The summed E-state index contributed by atoms with van der Waals surface area (Å²) in [5.41, 5.74) is 11.5. The first kappa shape index (κ1) is 29.0. The van der Waals surface area contributed by atoms with Crippen molar-refractivity contribution in [3.63, 3.8) is 0 Å². The lowest BCUT2D eigenvalue weighted by Gasteiger charge is -2.28. The molecule has 8 aromatic carbocycles. The number of aromatic nitrogens is 2. The molecule has 51 heavy (non-hydrogen) atoms. The van der Waals surface area contributed by atoms with Gasteiger partial charge in [-0.2, -0.15) is 0 Å². The summed E-state index contributed by atoms with van der Waals surface area (Å²) in [6.45, 7) is 0. The molecule has 0 aliphatic heterocycles. The highest BCUT2D eigenvalue weighted by molar-refractivity contribution is 6.11. The Morgan fingerprint density at radius 3 is 1.92 bits per heavy atom. The molecule has 10 aromatic rings. The van der Waals surface area contributed by atoms with Crippen molar-refractivity contribution >= 4 is 60.7 Å². The van der Waals surface area contributed by atoms with Gasteiger partial charge in [0.25, 0.3) is 0 Å². The van der Waals surface area contributed by atoms with E-state index in [-0.39, 0.29) is 0 Å². The van der Waals surface area contributed by atoms with Gasteiger partial charge >= 0.3 is 0 Å². The summed E-state index contributed by atoms with van der Waals surface area (Å²) in [7, 11) is 0. The Morgan fingerprint density at radius 1 is 0.471 bits per heavy atom. The van der Waals surface area contributed by atoms with Crippen LogP contribution in [0.2, 0.25) is 0 Å².